The highest BCUT2D eigenvalue weighted by Gasteiger charge is 2.32. The van der Waals surface area contributed by atoms with Crippen molar-refractivity contribution in [3.63, 3.8) is 0 Å². The number of hydrogen-bond donors (Lipinski definition) is 0. The van der Waals surface area contributed by atoms with E-state index in [0.29, 0.717) is 35.2 Å². The number of carbonyl (C=O) groups excluding carboxylic acids is 2. The Hall–Kier alpha value is -2.18. The predicted octanol–water partition coefficient (Wildman–Crippen LogP) is 4.55. The molecule has 0 saturated heterocycles. The van der Waals surface area contributed by atoms with Crippen LogP contribution in [0.1, 0.15) is 29.8 Å². The molecule has 1 aliphatic heterocycles. The van der Waals surface area contributed by atoms with E-state index in [2.05, 4.69) is 0 Å². The number of rotatable bonds is 5. The number of fused-ring (bicyclic) bond motifs is 1. The number of methoxy groups -OCH3 is 1. The normalized spacial score (nSPS) is 16.1. The lowest BCUT2D eigenvalue weighted by atomic mass is 10.1. The van der Waals surface area contributed by atoms with Crippen LogP contribution in [0.15, 0.2) is 41.3 Å². The van der Waals surface area contributed by atoms with Crippen molar-refractivity contribution in [3.05, 3.63) is 52.5 Å². The third kappa shape index (κ3) is 4.06. The highest BCUT2D eigenvalue weighted by Crippen LogP contribution is 2.41. The summed E-state index contributed by atoms with van der Waals surface area (Å²) in [7, 11) is 1.58. The third-order valence-corrected chi connectivity index (χ3v) is 5.64. The molecule has 7 heteroatoms. The fourth-order valence-electron chi connectivity index (χ4n) is 2.95. The molecule has 3 rings (SSSR count). The van der Waals surface area contributed by atoms with Crippen LogP contribution in [0.5, 0.6) is 5.75 Å². The molecule has 2 aromatic rings. The number of thioether (sulfide) groups is 1. The summed E-state index contributed by atoms with van der Waals surface area (Å²) in [6.45, 7) is 4.23. The van der Waals surface area contributed by atoms with Gasteiger partial charge in [-0.1, -0.05) is 11.6 Å². The third-order valence-electron chi connectivity index (χ3n) is 4.25. The lowest BCUT2D eigenvalue weighted by Gasteiger charge is -2.33. The molecule has 0 bridgehead atoms. The monoisotopic (exact) mass is 405 g/mol. The Balaban J connectivity index is 2.03. The first-order valence-electron chi connectivity index (χ1n) is 8.56. The van der Waals surface area contributed by atoms with Gasteiger partial charge in [0.25, 0.3) is 0 Å². The molecule has 0 saturated carbocycles. The number of ether oxygens (including phenoxy) is 2. The molecule has 142 valence electrons. The van der Waals surface area contributed by atoms with Crippen molar-refractivity contribution in [1.29, 1.82) is 0 Å². The van der Waals surface area contributed by atoms with Gasteiger partial charge < -0.3 is 14.4 Å². The van der Waals surface area contributed by atoms with E-state index in [1.807, 2.05) is 13.0 Å². The van der Waals surface area contributed by atoms with Gasteiger partial charge in [0.2, 0.25) is 5.91 Å². The molecule has 0 N–H and O–H groups in total. The molecule has 0 aromatic heterocycles. The van der Waals surface area contributed by atoms with Gasteiger partial charge in [-0.15, -0.1) is 11.8 Å². The van der Waals surface area contributed by atoms with E-state index in [1.54, 1.807) is 49.3 Å². The minimum atomic E-state index is -0.406. The van der Waals surface area contributed by atoms with Crippen LogP contribution in [0, 0.1) is 0 Å². The van der Waals surface area contributed by atoms with Gasteiger partial charge in [-0.2, -0.15) is 0 Å². The van der Waals surface area contributed by atoms with Crippen molar-refractivity contribution in [2.24, 2.45) is 0 Å². The summed E-state index contributed by atoms with van der Waals surface area (Å²) in [5.74, 6) is 0.216. The maximum atomic E-state index is 12.9. The minimum absolute atomic E-state index is 0.0319. The number of carbonyl (C=O) groups is 2. The van der Waals surface area contributed by atoms with Gasteiger partial charge in [-0.3, -0.25) is 4.79 Å². The van der Waals surface area contributed by atoms with Crippen LogP contribution in [-0.4, -0.2) is 30.8 Å². The van der Waals surface area contributed by atoms with Crippen LogP contribution in [-0.2, 0) is 16.1 Å². The Morgan fingerprint density at radius 1 is 1.26 bits per heavy atom. The van der Waals surface area contributed by atoms with Crippen molar-refractivity contribution in [3.8, 4) is 5.75 Å². The molecular formula is C20H20ClNO4S. The van der Waals surface area contributed by atoms with Crippen LogP contribution in [0.4, 0.5) is 5.69 Å². The summed E-state index contributed by atoms with van der Waals surface area (Å²) >= 11 is 7.61. The Bertz CT molecular complexity index is 886. The first-order valence-corrected chi connectivity index (χ1v) is 9.82. The van der Waals surface area contributed by atoms with E-state index < -0.39 is 5.97 Å². The Morgan fingerprint density at radius 3 is 2.74 bits per heavy atom. The minimum Gasteiger partial charge on any atom is -0.496 e. The van der Waals surface area contributed by atoms with E-state index >= 15 is 0 Å². The van der Waals surface area contributed by atoms with Gasteiger partial charge in [0.15, 0.2) is 0 Å². The highest BCUT2D eigenvalue weighted by atomic mass is 35.5. The number of esters is 1. The summed E-state index contributed by atoms with van der Waals surface area (Å²) < 4.78 is 10.5. The number of benzene rings is 2. The molecule has 5 nitrogen and oxygen atoms in total. The van der Waals surface area contributed by atoms with Crippen molar-refractivity contribution in [2.75, 3.05) is 18.6 Å². The molecule has 2 aromatic carbocycles. The molecule has 1 aliphatic rings. The number of hydrogen-bond acceptors (Lipinski definition) is 5. The average molecular weight is 406 g/mol. The lowest BCUT2D eigenvalue weighted by molar-refractivity contribution is -0.118. The van der Waals surface area contributed by atoms with Gasteiger partial charge >= 0.3 is 5.97 Å². The topological polar surface area (TPSA) is 55.8 Å². The zero-order chi connectivity index (χ0) is 19.6. The molecule has 1 amide bonds. The fraction of sp³-hybridized carbons (Fsp3) is 0.300. The Kier molecular flexibility index (Phi) is 5.97. The summed E-state index contributed by atoms with van der Waals surface area (Å²) in [5, 5.41) is 0.342. The molecule has 1 unspecified atom stereocenters. The molecule has 1 heterocycles. The SMILES string of the molecule is CCOC(=O)c1ccc2c(c1)N(Cc1cc(Cl)ccc1OC)C(=O)C(C)S2. The van der Waals surface area contributed by atoms with Gasteiger partial charge in [0.05, 0.1) is 36.8 Å². The standard InChI is InChI=1S/C20H20ClNO4S/c1-4-26-20(24)13-5-8-18-16(10-13)22(19(23)12(2)27-18)11-14-9-15(21)6-7-17(14)25-3/h5-10,12H,4,11H2,1-3H3. The average Bonchev–Trinajstić information content (AvgIpc) is 2.65. The van der Waals surface area contributed by atoms with Crippen LogP contribution in [0.3, 0.4) is 0 Å². The van der Waals surface area contributed by atoms with Gasteiger partial charge in [-0.25, -0.2) is 4.79 Å². The number of nitrogens with zero attached hydrogens (tertiary/aromatic N) is 1. The van der Waals surface area contributed by atoms with E-state index in [0.717, 1.165) is 10.5 Å². The predicted molar refractivity (Wildman–Crippen MR) is 107 cm³/mol. The summed E-state index contributed by atoms with van der Waals surface area (Å²) in [6, 6.07) is 10.6. The van der Waals surface area contributed by atoms with Crippen molar-refractivity contribution in [2.45, 2.75) is 30.5 Å². The second kappa shape index (κ2) is 8.23. The van der Waals surface area contributed by atoms with Crippen LogP contribution in [0.2, 0.25) is 5.02 Å². The smallest absolute Gasteiger partial charge is 0.338 e. The van der Waals surface area contributed by atoms with E-state index in [-0.39, 0.29) is 11.2 Å². The van der Waals surface area contributed by atoms with E-state index in [4.69, 9.17) is 21.1 Å². The van der Waals surface area contributed by atoms with Gasteiger partial charge in [0, 0.05) is 15.5 Å². The Morgan fingerprint density at radius 2 is 2.04 bits per heavy atom. The first kappa shape index (κ1) is 19.6. The second-order valence-electron chi connectivity index (χ2n) is 6.04. The van der Waals surface area contributed by atoms with Crippen molar-refractivity contribution in [1.82, 2.24) is 0 Å². The summed E-state index contributed by atoms with van der Waals surface area (Å²) in [5.41, 5.74) is 1.90. The molecular weight excluding hydrogens is 386 g/mol. The maximum absolute atomic E-state index is 12.9. The lowest BCUT2D eigenvalue weighted by Crippen LogP contribution is -2.39. The van der Waals surface area contributed by atoms with E-state index in [9.17, 15) is 9.59 Å². The van der Waals surface area contributed by atoms with E-state index in [1.165, 1.54) is 11.8 Å². The molecule has 0 radical (unpaired) electrons. The number of halogens is 1. The zero-order valence-electron chi connectivity index (χ0n) is 15.3. The molecule has 0 spiro atoms. The molecule has 1 atom stereocenters. The first-order chi connectivity index (χ1) is 12.9. The van der Waals surface area contributed by atoms with Gasteiger partial charge in [0.1, 0.15) is 5.75 Å². The van der Waals surface area contributed by atoms with Crippen LogP contribution in [0.25, 0.3) is 0 Å². The summed E-state index contributed by atoms with van der Waals surface area (Å²) in [4.78, 5) is 27.6. The largest absolute Gasteiger partial charge is 0.496 e. The van der Waals surface area contributed by atoms with Crippen molar-refractivity contribution < 1.29 is 19.1 Å². The van der Waals surface area contributed by atoms with Gasteiger partial charge in [-0.05, 0) is 50.2 Å². The summed E-state index contributed by atoms with van der Waals surface area (Å²) in [6.07, 6.45) is 0. The number of amides is 1. The van der Waals surface area contributed by atoms with Crippen molar-refractivity contribution >= 4 is 40.9 Å². The van der Waals surface area contributed by atoms with Crippen LogP contribution < -0.4 is 9.64 Å². The number of anilines is 1. The fourth-order valence-corrected chi connectivity index (χ4v) is 4.19. The maximum Gasteiger partial charge on any atom is 0.338 e. The highest BCUT2D eigenvalue weighted by molar-refractivity contribution is 8.01. The molecule has 0 fully saturated rings. The van der Waals surface area contributed by atoms with Crippen LogP contribution >= 0.6 is 23.4 Å². The Labute approximate surface area is 167 Å². The molecule has 0 aliphatic carbocycles. The second-order valence-corrected chi connectivity index (χ2v) is 7.86. The molecule has 27 heavy (non-hydrogen) atoms. The quantitative estimate of drug-likeness (QED) is 0.683. The zero-order valence-corrected chi connectivity index (χ0v) is 16.9.